The summed E-state index contributed by atoms with van der Waals surface area (Å²) in [6.07, 6.45) is 3.22. The number of hydrogen-bond acceptors (Lipinski definition) is 5. The zero-order valence-corrected chi connectivity index (χ0v) is 14.9. The second-order valence-electron chi connectivity index (χ2n) is 7.00. The number of carbonyl (C=O) groups is 1. The summed E-state index contributed by atoms with van der Waals surface area (Å²) < 4.78 is 1.78. The predicted molar refractivity (Wildman–Crippen MR) is 95.3 cm³/mol. The highest BCUT2D eigenvalue weighted by Gasteiger charge is 2.39. The Morgan fingerprint density at radius 3 is 2.84 bits per heavy atom. The number of nitrogens with zero attached hydrogens (tertiary/aromatic N) is 3. The summed E-state index contributed by atoms with van der Waals surface area (Å²) in [5.41, 5.74) is 8.65. The fourth-order valence-corrected chi connectivity index (χ4v) is 3.34. The van der Waals surface area contributed by atoms with E-state index in [2.05, 4.69) is 52.2 Å². The molecule has 3 unspecified atom stereocenters. The molecule has 0 aliphatic carbocycles. The lowest BCUT2D eigenvalue weighted by atomic mass is 9.87. The maximum Gasteiger partial charge on any atom is 0.226 e. The quantitative estimate of drug-likeness (QED) is 0.732. The van der Waals surface area contributed by atoms with Crippen LogP contribution in [0.5, 0.6) is 0 Å². The van der Waals surface area contributed by atoms with E-state index in [0.29, 0.717) is 19.0 Å². The molecule has 1 aromatic heterocycles. The van der Waals surface area contributed by atoms with Crippen molar-refractivity contribution in [3.8, 4) is 0 Å². The minimum Gasteiger partial charge on any atom is -0.352 e. The molecule has 2 aromatic rings. The largest absolute Gasteiger partial charge is 0.352 e. The number of nitrogens with one attached hydrogen (secondary N) is 3. The van der Waals surface area contributed by atoms with Crippen molar-refractivity contribution in [3.63, 3.8) is 0 Å². The molecule has 2 heterocycles. The fourth-order valence-electron chi connectivity index (χ4n) is 3.34. The van der Waals surface area contributed by atoms with E-state index in [1.165, 1.54) is 6.33 Å². The number of hydrogen-bond donors (Lipinski definition) is 3. The Kier molecular flexibility index (Phi) is 5.45. The maximum absolute atomic E-state index is 12.7. The average molecular weight is 342 g/mol. The Morgan fingerprint density at radius 2 is 2.12 bits per heavy atom. The lowest BCUT2D eigenvalue weighted by Gasteiger charge is -2.23. The summed E-state index contributed by atoms with van der Waals surface area (Å²) in [5, 5.41) is 7.21. The smallest absolute Gasteiger partial charge is 0.226 e. The van der Waals surface area contributed by atoms with E-state index in [4.69, 9.17) is 0 Å². The zero-order valence-electron chi connectivity index (χ0n) is 14.9. The van der Waals surface area contributed by atoms with Gasteiger partial charge in [-0.3, -0.25) is 15.6 Å². The van der Waals surface area contributed by atoms with Crippen LogP contribution in [0.15, 0.2) is 36.9 Å². The van der Waals surface area contributed by atoms with Crippen molar-refractivity contribution in [3.05, 3.63) is 48.0 Å². The Hall–Kier alpha value is -2.25. The number of amides is 1. The van der Waals surface area contributed by atoms with Gasteiger partial charge < -0.3 is 5.32 Å². The lowest BCUT2D eigenvalue weighted by molar-refractivity contribution is -0.126. The minimum atomic E-state index is -0.0710. The predicted octanol–water partition coefficient (Wildman–Crippen LogP) is 1.08. The number of carbonyl (C=O) groups excluding carboxylic acids is 1. The van der Waals surface area contributed by atoms with Gasteiger partial charge in [0.25, 0.3) is 0 Å². The van der Waals surface area contributed by atoms with Gasteiger partial charge in [-0.2, -0.15) is 5.10 Å². The van der Waals surface area contributed by atoms with Crippen LogP contribution in [0.25, 0.3) is 0 Å². The molecule has 7 heteroatoms. The fraction of sp³-hybridized carbons (Fsp3) is 0.500. The van der Waals surface area contributed by atoms with Crippen molar-refractivity contribution >= 4 is 5.91 Å². The number of aromatic nitrogens is 3. The van der Waals surface area contributed by atoms with Gasteiger partial charge in [0, 0.05) is 18.6 Å². The van der Waals surface area contributed by atoms with Gasteiger partial charge in [0.2, 0.25) is 5.91 Å². The third-order valence-corrected chi connectivity index (χ3v) is 4.69. The SMILES string of the molecule is CC(C)C1NNC(C)C1C(=O)NCc1cccc(Cn2cncn2)c1. The Bertz CT molecular complexity index is 699. The van der Waals surface area contributed by atoms with E-state index in [1.807, 2.05) is 19.1 Å². The van der Waals surface area contributed by atoms with Crippen molar-refractivity contribution in [2.75, 3.05) is 0 Å². The lowest BCUT2D eigenvalue weighted by Crippen LogP contribution is -2.43. The third-order valence-electron chi connectivity index (χ3n) is 4.69. The van der Waals surface area contributed by atoms with Crippen LogP contribution in [0.2, 0.25) is 0 Å². The van der Waals surface area contributed by atoms with Gasteiger partial charge in [-0.05, 0) is 24.0 Å². The molecule has 3 atom stereocenters. The van der Waals surface area contributed by atoms with E-state index in [0.717, 1.165) is 11.1 Å². The number of benzene rings is 1. The van der Waals surface area contributed by atoms with E-state index in [1.54, 1.807) is 11.0 Å². The highest BCUT2D eigenvalue weighted by Crippen LogP contribution is 2.21. The Balaban J connectivity index is 1.60. The maximum atomic E-state index is 12.7. The van der Waals surface area contributed by atoms with Gasteiger partial charge in [-0.15, -0.1) is 0 Å². The van der Waals surface area contributed by atoms with Gasteiger partial charge >= 0.3 is 0 Å². The Morgan fingerprint density at radius 1 is 1.32 bits per heavy atom. The molecule has 0 bridgehead atoms. The van der Waals surface area contributed by atoms with Crippen molar-refractivity contribution < 1.29 is 4.79 Å². The average Bonchev–Trinajstić information content (AvgIpc) is 3.22. The molecular weight excluding hydrogens is 316 g/mol. The van der Waals surface area contributed by atoms with Crippen molar-refractivity contribution in [1.82, 2.24) is 30.9 Å². The van der Waals surface area contributed by atoms with Crippen LogP contribution in [0.4, 0.5) is 0 Å². The number of rotatable bonds is 6. The first-order valence-corrected chi connectivity index (χ1v) is 8.73. The first-order chi connectivity index (χ1) is 12.0. The van der Waals surface area contributed by atoms with Crippen LogP contribution in [0, 0.1) is 11.8 Å². The van der Waals surface area contributed by atoms with Gasteiger partial charge in [0.1, 0.15) is 12.7 Å². The van der Waals surface area contributed by atoms with E-state index < -0.39 is 0 Å². The topological polar surface area (TPSA) is 83.9 Å². The van der Waals surface area contributed by atoms with E-state index >= 15 is 0 Å². The van der Waals surface area contributed by atoms with Crippen molar-refractivity contribution in [2.45, 2.75) is 45.9 Å². The molecule has 3 rings (SSSR count). The monoisotopic (exact) mass is 342 g/mol. The van der Waals surface area contributed by atoms with Gasteiger partial charge in [0.15, 0.2) is 0 Å². The van der Waals surface area contributed by atoms with Gasteiger partial charge in [-0.1, -0.05) is 38.1 Å². The molecule has 0 saturated carbocycles. The molecular formula is C18H26N6O. The molecule has 1 aliphatic heterocycles. The first kappa shape index (κ1) is 17.6. The summed E-state index contributed by atoms with van der Waals surface area (Å²) in [5.74, 6) is 0.405. The van der Waals surface area contributed by atoms with E-state index in [9.17, 15) is 4.79 Å². The zero-order chi connectivity index (χ0) is 17.8. The molecule has 1 aliphatic rings. The van der Waals surface area contributed by atoms with E-state index in [-0.39, 0.29) is 23.9 Å². The minimum absolute atomic E-state index is 0.0710. The highest BCUT2D eigenvalue weighted by molar-refractivity contribution is 5.80. The molecule has 25 heavy (non-hydrogen) atoms. The van der Waals surface area contributed by atoms with Crippen molar-refractivity contribution in [2.24, 2.45) is 11.8 Å². The molecule has 1 saturated heterocycles. The molecule has 0 spiro atoms. The van der Waals surface area contributed by atoms with Crippen LogP contribution in [0.3, 0.4) is 0 Å². The van der Waals surface area contributed by atoms with Gasteiger partial charge in [-0.25, -0.2) is 9.67 Å². The third kappa shape index (κ3) is 4.24. The standard InChI is InChI=1S/C18H26N6O/c1-12(2)17-16(13(3)22-23-17)18(25)20-8-14-5-4-6-15(7-14)9-24-11-19-10-21-24/h4-7,10-13,16-17,22-23H,8-9H2,1-3H3,(H,20,25). The van der Waals surface area contributed by atoms with Crippen LogP contribution >= 0.6 is 0 Å². The normalized spacial score (nSPS) is 23.1. The summed E-state index contributed by atoms with van der Waals surface area (Å²) >= 11 is 0. The molecule has 7 nitrogen and oxygen atoms in total. The second kappa shape index (κ2) is 7.76. The second-order valence-corrected chi connectivity index (χ2v) is 7.00. The highest BCUT2D eigenvalue weighted by atomic mass is 16.2. The Labute approximate surface area is 148 Å². The number of hydrazine groups is 1. The molecule has 3 N–H and O–H groups in total. The van der Waals surface area contributed by atoms with Crippen LogP contribution in [-0.2, 0) is 17.9 Å². The van der Waals surface area contributed by atoms with Gasteiger partial charge in [0.05, 0.1) is 12.5 Å². The van der Waals surface area contributed by atoms with Crippen molar-refractivity contribution in [1.29, 1.82) is 0 Å². The molecule has 0 radical (unpaired) electrons. The molecule has 1 fully saturated rings. The summed E-state index contributed by atoms with van der Waals surface area (Å²) in [6.45, 7) is 7.50. The summed E-state index contributed by atoms with van der Waals surface area (Å²) in [6, 6.07) is 8.44. The van der Waals surface area contributed by atoms with Crippen LogP contribution in [0.1, 0.15) is 31.9 Å². The van der Waals surface area contributed by atoms with Crippen LogP contribution in [-0.4, -0.2) is 32.8 Å². The molecule has 134 valence electrons. The summed E-state index contributed by atoms with van der Waals surface area (Å²) in [4.78, 5) is 16.6. The van der Waals surface area contributed by atoms with Crippen LogP contribution < -0.4 is 16.2 Å². The molecule has 1 aromatic carbocycles. The molecule has 1 amide bonds. The summed E-state index contributed by atoms with van der Waals surface area (Å²) in [7, 11) is 0. The first-order valence-electron chi connectivity index (χ1n) is 8.73.